The van der Waals surface area contributed by atoms with E-state index in [0.29, 0.717) is 25.9 Å². The van der Waals surface area contributed by atoms with Gasteiger partial charge in [-0.1, -0.05) is 11.6 Å². The highest BCUT2D eigenvalue weighted by atomic mass is 35.5. The number of hydrogen-bond donors (Lipinski definition) is 2. The normalized spacial score (nSPS) is 21.9. The molecule has 1 saturated heterocycles. The van der Waals surface area contributed by atoms with E-state index >= 15 is 0 Å². The van der Waals surface area contributed by atoms with Crippen LogP contribution in [0, 0.1) is 0 Å². The van der Waals surface area contributed by atoms with Gasteiger partial charge in [-0.2, -0.15) is 0 Å². The van der Waals surface area contributed by atoms with Crippen molar-refractivity contribution in [3.8, 4) is 0 Å². The first kappa shape index (κ1) is 14.3. The van der Waals surface area contributed by atoms with Gasteiger partial charge in [0, 0.05) is 18.0 Å². The number of aliphatic hydroxyl groups is 1. The fourth-order valence-electron chi connectivity index (χ4n) is 1.96. The quantitative estimate of drug-likeness (QED) is 0.883. The predicted molar refractivity (Wildman–Crippen MR) is 73.9 cm³/mol. The largest absolute Gasteiger partial charge is 0.388 e. The zero-order valence-corrected chi connectivity index (χ0v) is 12.2. The molecule has 4 nitrogen and oxygen atoms in total. The summed E-state index contributed by atoms with van der Waals surface area (Å²) in [6.45, 7) is 1.06. The lowest BCUT2D eigenvalue weighted by Gasteiger charge is -2.32. The molecule has 0 amide bonds. The standard InChI is InChI=1S/C11H16ClNO3S2/c12-10-2-1-9(17-10)7-13-8-11(14)3-5-18(15,16)6-4-11/h1-2,13-14H,3-8H2. The molecule has 102 valence electrons. The van der Waals surface area contributed by atoms with Crippen LogP contribution in [0.3, 0.4) is 0 Å². The van der Waals surface area contributed by atoms with E-state index in [1.807, 2.05) is 12.1 Å². The molecule has 18 heavy (non-hydrogen) atoms. The van der Waals surface area contributed by atoms with Gasteiger partial charge in [0.05, 0.1) is 21.4 Å². The zero-order chi connectivity index (χ0) is 13.2. The maximum atomic E-state index is 11.3. The molecule has 0 spiro atoms. The molecule has 1 aliphatic rings. The van der Waals surface area contributed by atoms with Gasteiger partial charge in [0.15, 0.2) is 9.84 Å². The summed E-state index contributed by atoms with van der Waals surface area (Å²) in [6, 6.07) is 3.78. The van der Waals surface area contributed by atoms with Crippen molar-refractivity contribution < 1.29 is 13.5 Å². The smallest absolute Gasteiger partial charge is 0.150 e. The van der Waals surface area contributed by atoms with Crippen LogP contribution >= 0.6 is 22.9 Å². The van der Waals surface area contributed by atoms with Gasteiger partial charge in [0.1, 0.15) is 0 Å². The molecule has 1 aromatic rings. The molecule has 0 radical (unpaired) electrons. The van der Waals surface area contributed by atoms with Gasteiger partial charge in [-0.05, 0) is 25.0 Å². The lowest BCUT2D eigenvalue weighted by molar-refractivity contribution is 0.0304. The number of halogens is 1. The fraction of sp³-hybridized carbons (Fsp3) is 0.636. The Hall–Kier alpha value is -0.140. The Morgan fingerprint density at radius 3 is 2.61 bits per heavy atom. The number of nitrogens with one attached hydrogen (secondary N) is 1. The topological polar surface area (TPSA) is 66.4 Å². The Kier molecular flexibility index (Phi) is 4.33. The van der Waals surface area contributed by atoms with Gasteiger partial charge in [0.2, 0.25) is 0 Å². The van der Waals surface area contributed by atoms with Crippen molar-refractivity contribution >= 4 is 32.8 Å². The van der Waals surface area contributed by atoms with Crippen molar-refractivity contribution in [1.82, 2.24) is 5.32 Å². The van der Waals surface area contributed by atoms with Crippen LogP contribution in [0.15, 0.2) is 12.1 Å². The molecule has 0 saturated carbocycles. The maximum Gasteiger partial charge on any atom is 0.150 e. The summed E-state index contributed by atoms with van der Waals surface area (Å²) in [5.74, 6) is 0.159. The van der Waals surface area contributed by atoms with E-state index in [4.69, 9.17) is 11.6 Å². The second-order valence-electron chi connectivity index (χ2n) is 4.69. The minimum Gasteiger partial charge on any atom is -0.388 e. The van der Waals surface area contributed by atoms with Crippen LogP contribution in [-0.4, -0.2) is 37.2 Å². The summed E-state index contributed by atoms with van der Waals surface area (Å²) in [4.78, 5) is 1.10. The molecule has 2 rings (SSSR count). The molecule has 1 aliphatic heterocycles. The summed E-state index contributed by atoms with van der Waals surface area (Å²) in [5.41, 5.74) is -0.896. The number of rotatable bonds is 4. The summed E-state index contributed by atoms with van der Waals surface area (Å²) in [6.07, 6.45) is 0.626. The number of thiophene rings is 1. The molecule has 7 heteroatoms. The van der Waals surface area contributed by atoms with E-state index in [-0.39, 0.29) is 11.5 Å². The number of sulfone groups is 1. The van der Waals surface area contributed by atoms with Gasteiger partial charge in [-0.3, -0.25) is 0 Å². The van der Waals surface area contributed by atoms with E-state index in [2.05, 4.69) is 5.32 Å². The maximum absolute atomic E-state index is 11.3. The average molecular weight is 310 g/mol. The van der Waals surface area contributed by atoms with Crippen LogP contribution in [0.4, 0.5) is 0 Å². The number of hydrogen-bond acceptors (Lipinski definition) is 5. The monoisotopic (exact) mass is 309 g/mol. The van der Waals surface area contributed by atoms with Crippen LogP contribution in [-0.2, 0) is 16.4 Å². The van der Waals surface area contributed by atoms with Gasteiger partial charge in [-0.15, -0.1) is 11.3 Å². The Labute approximate surface area is 116 Å². The van der Waals surface area contributed by atoms with Gasteiger partial charge in [0.25, 0.3) is 0 Å². The highest BCUT2D eigenvalue weighted by molar-refractivity contribution is 7.91. The van der Waals surface area contributed by atoms with E-state index in [0.717, 1.165) is 9.21 Å². The molecular weight excluding hydrogens is 294 g/mol. The van der Waals surface area contributed by atoms with E-state index in [9.17, 15) is 13.5 Å². The predicted octanol–water partition coefficient (Wildman–Crippen LogP) is 1.43. The first-order valence-corrected chi connectivity index (χ1v) is 8.78. The van der Waals surface area contributed by atoms with Crippen molar-refractivity contribution in [3.05, 3.63) is 21.3 Å². The molecule has 2 heterocycles. The van der Waals surface area contributed by atoms with Crippen molar-refractivity contribution in [2.24, 2.45) is 0 Å². The second-order valence-corrected chi connectivity index (χ2v) is 8.79. The highest BCUT2D eigenvalue weighted by Crippen LogP contribution is 2.24. The van der Waals surface area contributed by atoms with Crippen molar-refractivity contribution in [1.29, 1.82) is 0 Å². The van der Waals surface area contributed by atoms with Crippen LogP contribution in [0.2, 0.25) is 4.34 Å². The van der Waals surface area contributed by atoms with Crippen molar-refractivity contribution in [3.63, 3.8) is 0 Å². The van der Waals surface area contributed by atoms with Crippen LogP contribution in [0.25, 0.3) is 0 Å². The summed E-state index contributed by atoms with van der Waals surface area (Å²) in [5, 5.41) is 13.4. The van der Waals surface area contributed by atoms with Crippen molar-refractivity contribution in [2.75, 3.05) is 18.1 Å². The van der Waals surface area contributed by atoms with Crippen LogP contribution in [0.1, 0.15) is 17.7 Å². The molecule has 0 unspecified atom stereocenters. The average Bonchev–Trinajstić information content (AvgIpc) is 2.70. The molecule has 0 atom stereocenters. The van der Waals surface area contributed by atoms with Gasteiger partial charge in [-0.25, -0.2) is 8.42 Å². The van der Waals surface area contributed by atoms with E-state index < -0.39 is 15.4 Å². The molecule has 1 aromatic heterocycles. The highest BCUT2D eigenvalue weighted by Gasteiger charge is 2.34. The third-order valence-corrected chi connectivity index (χ3v) is 6.02. The van der Waals surface area contributed by atoms with E-state index in [1.54, 1.807) is 0 Å². The molecule has 1 fully saturated rings. The minimum atomic E-state index is -2.93. The van der Waals surface area contributed by atoms with Crippen molar-refractivity contribution in [2.45, 2.75) is 25.0 Å². The molecule has 0 aliphatic carbocycles. The third-order valence-electron chi connectivity index (χ3n) is 3.14. The molecule has 0 aromatic carbocycles. The Bertz CT molecular complexity index is 498. The lowest BCUT2D eigenvalue weighted by Crippen LogP contribution is -2.46. The SMILES string of the molecule is O=S1(=O)CCC(O)(CNCc2ccc(Cl)s2)CC1. The van der Waals surface area contributed by atoms with Gasteiger partial charge >= 0.3 is 0 Å². The zero-order valence-electron chi connectivity index (χ0n) is 9.86. The van der Waals surface area contributed by atoms with Gasteiger partial charge < -0.3 is 10.4 Å². The summed E-state index contributed by atoms with van der Waals surface area (Å²) < 4.78 is 23.3. The lowest BCUT2D eigenvalue weighted by atomic mass is 9.97. The fourth-order valence-corrected chi connectivity index (χ4v) is 4.60. The summed E-state index contributed by atoms with van der Waals surface area (Å²) in [7, 11) is -2.93. The first-order chi connectivity index (χ1) is 8.39. The Morgan fingerprint density at radius 1 is 1.39 bits per heavy atom. The first-order valence-electron chi connectivity index (χ1n) is 5.76. The van der Waals surface area contributed by atoms with E-state index in [1.165, 1.54) is 11.3 Å². The molecule has 2 N–H and O–H groups in total. The Morgan fingerprint density at radius 2 is 2.06 bits per heavy atom. The molecular formula is C11H16ClNO3S2. The van der Waals surface area contributed by atoms with Crippen LogP contribution in [0.5, 0.6) is 0 Å². The second kappa shape index (κ2) is 5.46. The molecule has 0 bridgehead atoms. The third kappa shape index (κ3) is 3.93. The summed E-state index contributed by atoms with van der Waals surface area (Å²) >= 11 is 7.32. The Balaban J connectivity index is 1.80. The van der Waals surface area contributed by atoms with Crippen LogP contribution < -0.4 is 5.32 Å². The minimum absolute atomic E-state index is 0.0794.